The zero-order chi connectivity index (χ0) is 23.6. The maximum absolute atomic E-state index is 11.8. The predicted molar refractivity (Wildman–Crippen MR) is 117 cm³/mol. The van der Waals surface area contributed by atoms with Crippen LogP contribution in [0.25, 0.3) is 0 Å². The molecule has 1 unspecified atom stereocenters. The van der Waals surface area contributed by atoms with Gasteiger partial charge in [-0.15, -0.1) is 0 Å². The molecule has 0 bridgehead atoms. The molecule has 0 aromatic rings. The standard InChI is InChI=1S/C21H44NO8P/c1-5-6-7-8-9-10-11-12-13-14-15-21(23)27-18-20(30-24)19-29-31(25,26)28-17-16-22(2,3)4/h20H,5-19H2,1-4H3,(H-,24,25,26)/t20-/m1/s1. The molecular weight excluding hydrogens is 425 g/mol. The van der Waals surface area contributed by atoms with Crippen LogP contribution >= 0.6 is 7.82 Å². The Hall–Kier alpha value is -0.540. The molecule has 0 aromatic carbocycles. The van der Waals surface area contributed by atoms with Crippen molar-refractivity contribution < 1.29 is 42.7 Å². The number of nitrogens with zero attached hydrogens (tertiary/aromatic N) is 1. The minimum absolute atomic E-state index is 0.0250. The van der Waals surface area contributed by atoms with Crippen LogP contribution in [0.4, 0.5) is 0 Å². The van der Waals surface area contributed by atoms with Gasteiger partial charge in [0, 0.05) is 6.42 Å². The van der Waals surface area contributed by atoms with Crippen molar-refractivity contribution in [3.8, 4) is 0 Å². The average molecular weight is 470 g/mol. The molecule has 31 heavy (non-hydrogen) atoms. The van der Waals surface area contributed by atoms with Gasteiger partial charge in [0.05, 0.1) is 27.7 Å². The Kier molecular flexibility index (Phi) is 17.6. The highest BCUT2D eigenvalue weighted by atomic mass is 31.2. The maximum Gasteiger partial charge on any atom is 0.305 e. The van der Waals surface area contributed by atoms with Gasteiger partial charge in [0.1, 0.15) is 19.8 Å². The zero-order valence-electron chi connectivity index (χ0n) is 19.9. The number of unbranched alkanes of at least 4 members (excludes halogenated alkanes) is 9. The third-order valence-electron chi connectivity index (χ3n) is 4.74. The number of rotatable bonds is 21. The lowest BCUT2D eigenvalue weighted by molar-refractivity contribution is -0.870. The summed E-state index contributed by atoms with van der Waals surface area (Å²) in [4.78, 5) is 27.7. The average Bonchev–Trinajstić information content (AvgIpc) is 2.68. The van der Waals surface area contributed by atoms with Crippen LogP contribution in [-0.4, -0.2) is 69.3 Å². The van der Waals surface area contributed by atoms with E-state index in [1.807, 2.05) is 21.1 Å². The van der Waals surface area contributed by atoms with Crippen LogP contribution in [0.5, 0.6) is 0 Å². The number of likely N-dealkylation sites (N-methyl/N-ethyl adjacent to an activating group) is 1. The Morgan fingerprint density at radius 2 is 1.48 bits per heavy atom. The Morgan fingerprint density at radius 1 is 0.935 bits per heavy atom. The molecule has 0 heterocycles. The van der Waals surface area contributed by atoms with Crippen LogP contribution in [0, 0.1) is 0 Å². The fourth-order valence-electron chi connectivity index (χ4n) is 2.76. The number of hydrogen-bond donors (Lipinski definition) is 1. The molecule has 186 valence electrons. The zero-order valence-corrected chi connectivity index (χ0v) is 20.8. The van der Waals surface area contributed by atoms with Crippen LogP contribution in [0.3, 0.4) is 0 Å². The summed E-state index contributed by atoms with van der Waals surface area (Å²) in [6.07, 6.45) is 10.9. The Balaban J connectivity index is 3.81. The molecule has 10 heteroatoms. The van der Waals surface area contributed by atoms with Gasteiger partial charge in [0.2, 0.25) is 0 Å². The van der Waals surface area contributed by atoms with Crippen LogP contribution < -0.4 is 4.89 Å². The maximum atomic E-state index is 11.8. The van der Waals surface area contributed by atoms with E-state index >= 15 is 0 Å². The second kappa shape index (κ2) is 18.0. The van der Waals surface area contributed by atoms with E-state index in [-0.39, 0.29) is 19.6 Å². The van der Waals surface area contributed by atoms with Gasteiger partial charge in [-0.05, 0) is 6.42 Å². The molecule has 0 aliphatic heterocycles. The topological polar surface area (TPSA) is 114 Å². The first-order valence-corrected chi connectivity index (χ1v) is 12.9. The molecule has 0 aliphatic rings. The first-order valence-electron chi connectivity index (χ1n) is 11.5. The van der Waals surface area contributed by atoms with Crippen molar-refractivity contribution in [1.82, 2.24) is 0 Å². The summed E-state index contributed by atoms with van der Waals surface area (Å²) in [7, 11) is 1.18. The molecule has 0 rings (SSSR count). The molecule has 0 fully saturated rings. The molecule has 0 saturated carbocycles. The first kappa shape index (κ1) is 30.5. The summed E-state index contributed by atoms with van der Waals surface area (Å²) in [6.45, 7) is 1.86. The Morgan fingerprint density at radius 3 is 2.00 bits per heavy atom. The largest absolute Gasteiger partial charge is 0.756 e. The summed E-state index contributed by atoms with van der Waals surface area (Å²) in [5.74, 6) is -0.411. The van der Waals surface area contributed by atoms with E-state index in [1.54, 1.807) is 0 Å². The molecule has 0 radical (unpaired) electrons. The lowest BCUT2D eigenvalue weighted by Gasteiger charge is -2.27. The number of phosphoric acid groups is 1. The Bertz CT molecular complexity index is 498. The Labute approximate surface area is 188 Å². The number of quaternary nitrogens is 1. The molecular formula is C21H44NO8P. The van der Waals surface area contributed by atoms with Gasteiger partial charge in [-0.25, -0.2) is 4.89 Å². The number of carbonyl (C=O) groups is 1. The van der Waals surface area contributed by atoms with E-state index in [2.05, 4.69) is 11.8 Å². The minimum Gasteiger partial charge on any atom is -0.756 e. The third-order valence-corrected chi connectivity index (χ3v) is 5.71. The quantitative estimate of drug-likeness (QED) is 0.0672. The summed E-state index contributed by atoms with van der Waals surface area (Å²) >= 11 is 0. The number of hydrogen-bond acceptors (Lipinski definition) is 8. The molecule has 0 aromatic heterocycles. The molecule has 0 saturated heterocycles. The van der Waals surface area contributed by atoms with Gasteiger partial charge in [0.25, 0.3) is 7.82 Å². The summed E-state index contributed by atoms with van der Waals surface area (Å²) in [5.41, 5.74) is 0. The van der Waals surface area contributed by atoms with Crippen molar-refractivity contribution in [2.75, 3.05) is 47.5 Å². The molecule has 0 amide bonds. The fourth-order valence-corrected chi connectivity index (χ4v) is 3.49. The van der Waals surface area contributed by atoms with Gasteiger partial charge in [-0.1, -0.05) is 64.7 Å². The normalized spacial score (nSPS) is 14.9. The van der Waals surface area contributed by atoms with Crippen molar-refractivity contribution in [3.05, 3.63) is 0 Å². The van der Waals surface area contributed by atoms with E-state index in [9.17, 15) is 14.3 Å². The van der Waals surface area contributed by atoms with Crippen molar-refractivity contribution >= 4 is 13.8 Å². The lowest BCUT2D eigenvalue weighted by atomic mass is 10.1. The van der Waals surface area contributed by atoms with Crippen molar-refractivity contribution in [2.24, 2.45) is 0 Å². The highest BCUT2D eigenvalue weighted by molar-refractivity contribution is 7.45. The van der Waals surface area contributed by atoms with Crippen LogP contribution in [0.15, 0.2) is 0 Å². The SMILES string of the molecule is CCCCCCCCCCCCC(=O)OC[C@H](COP(=O)([O-])OCC[N+](C)(C)C)OO. The number of ether oxygens (including phenoxy) is 1. The summed E-state index contributed by atoms with van der Waals surface area (Å²) in [5, 5.41) is 8.88. The number of phosphoric ester groups is 1. The van der Waals surface area contributed by atoms with Gasteiger partial charge in [-0.2, -0.15) is 0 Å². The summed E-state index contributed by atoms with van der Waals surface area (Å²) in [6, 6.07) is 0. The van der Waals surface area contributed by atoms with Gasteiger partial charge in [0.15, 0.2) is 6.10 Å². The fraction of sp³-hybridized carbons (Fsp3) is 0.952. The second-order valence-corrected chi connectivity index (χ2v) is 10.3. The van der Waals surface area contributed by atoms with E-state index < -0.39 is 26.5 Å². The lowest BCUT2D eigenvalue weighted by Crippen LogP contribution is -2.37. The van der Waals surface area contributed by atoms with Gasteiger partial charge >= 0.3 is 5.97 Å². The van der Waals surface area contributed by atoms with Gasteiger partial charge in [-0.3, -0.25) is 14.6 Å². The number of esters is 1. The smallest absolute Gasteiger partial charge is 0.305 e. The first-order chi connectivity index (χ1) is 14.6. The van der Waals surface area contributed by atoms with Crippen LogP contribution in [0.1, 0.15) is 77.6 Å². The molecule has 9 nitrogen and oxygen atoms in total. The van der Waals surface area contributed by atoms with E-state index in [0.29, 0.717) is 11.0 Å². The van der Waals surface area contributed by atoms with Gasteiger partial charge < -0.3 is 23.2 Å². The molecule has 0 aliphatic carbocycles. The third kappa shape index (κ3) is 21.1. The van der Waals surface area contributed by atoms with Crippen molar-refractivity contribution in [3.63, 3.8) is 0 Å². The summed E-state index contributed by atoms with van der Waals surface area (Å²) < 4.78 is 26.7. The van der Waals surface area contributed by atoms with Crippen LogP contribution in [-0.2, 0) is 28.0 Å². The van der Waals surface area contributed by atoms with E-state index in [4.69, 9.17) is 19.0 Å². The van der Waals surface area contributed by atoms with Crippen molar-refractivity contribution in [2.45, 2.75) is 83.7 Å². The predicted octanol–water partition coefficient (Wildman–Crippen LogP) is 3.91. The second-order valence-electron chi connectivity index (χ2n) is 8.93. The van der Waals surface area contributed by atoms with E-state index in [0.717, 1.165) is 19.3 Å². The van der Waals surface area contributed by atoms with Crippen LogP contribution in [0.2, 0.25) is 0 Å². The highest BCUT2D eigenvalue weighted by Gasteiger charge is 2.19. The minimum atomic E-state index is -4.52. The van der Waals surface area contributed by atoms with E-state index in [1.165, 1.54) is 44.9 Å². The molecule has 0 spiro atoms. The van der Waals surface area contributed by atoms with Crippen molar-refractivity contribution in [1.29, 1.82) is 0 Å². The highest BCUT2D eigenvalue weighted by Crippen LogP contribution is 2.38. The number of carbonyl (C=O) groups excluding carboxylic acids is 1. The monoisotopic (exact) mass is 469 g/mol. The molecule has 2 atom stereocenters. The molecule has 1 N–H and O–H groups in total.